The standard InChI is InChI=1S/C8H4F2N3O/c9-6-2-1-5(3-7(6)10)8(14)4-12-13-11/h1-4H/q-1. The zero-order chi connectivity index (χ0) is 10.6. The zero-order valence-electron chi connectivity index (χ0n) is 6.82. The third-order valence-corrected chi connectivity index (χ3v) is 1.43. The largest absolute Gasteiger partial charge is 0.362 e. The first-order valence-corrected chi connectivity index (χ1v) is 3.52. The summed E-state index contributed by atoms with van der Waals surface area (Å²) in [6.07, 6.45) is 0.687. The summed E-state index contributed by atoms with van der Waals surface area (Å²) in [5.41, 5.74) is 7.83. The minimum atomic E-state index is -1.12. The van der Waals surface area contributed by atoms with Crippen LogP contribution in [0.15, 0.2) is 28.5 Å². The lowest BCUT2D eigenvalue weighted by Crippen LogP contribution is -2.01. The average Bonchev–Trinajstić information content (AvgIpc) is 2.18. The maximum absolute atomic E-state index is 12.6. The zero-order valence-corrected chi connectivity index (χ0v) is 6.82. The molecule has 1 rings (SSSR count). The number of Topliss-reactive ketones (excluding diaryl/α,β-unsaturated/α-hetero) is 1. The van der Waals surface area contributed by atoms with E-state index in [2.05, 4.69) is 10.3 Å². The first kappa shape index (κ1) is 10.1. The fourth-order valence-corrected chi connectivity index (χ4v) is 0.802. The van der Waals surface area contributed by atoms with Gasteiger partial charge in [-0.1, -0.05) is 0 Å². The summed E-state index contributed by atoms with van der Waals surface area (Å²) in [5, 5.41) is 5.21. The lowest BCUT2D eigenvalue weighted by Gasteiger charge is -1.97. The first-order valence-electron chi connectivity index (χ1n) is 3.52. The Kier molecular flexibility index (Phi) is 3.11. The van der Waals surface area contributed by atoms with Gasteiger partial charge in [-0.2, -0.15) is 0 Å². The third-order valence-electron chi connectivity index (χ3n) is 1.43. The van der Waals surface area contributed by atoms with E-state index in [1.165, 1.54) is 0 Å². The van der Waals surface area contributed by atoms with Gasteiger partial charge < -0.3 is 10.6 Å². The second-order valence-electron chi connectivity index (χ2n) is 2.33. The van der Waals surface area contributed by atoms with Crippen molar-refractivity contribution in [3.63, 3.8) is 0 Å². The predicted molar refractivity (Wildman–Crippen MR) is 45.0 cm³/mol. The molecule has 0 atom stereocenters. The molecule has 0 bridgehead atoms. The normalized spacial score (nSPS) is 10.4. The van der Waals surface area contributed by atoms with E-state index in [1.54, 1.807) is 0 Å². The van der Waals surface area contributed by atoms with Gasteiger partial charge >= 0.3 is 0 Å². The van der Waals surface area contributed by atoms with E-state index >= 15 is 0 Å². The van der Waals surface area contributed by atoms with E-state index in [9.17, 15) is 13.6 Å². The number of hydrogen-bond acceptors (Lipinski definition) is 2. The second-order valence-corrected chi connectivity index (χ2v) is 2.33. The van der Waals surface area contributed by atoms with E-state index in [0.717, 1.165) is 18.2 Å². The summed E-state index contributed by atoms with van der Waals surface area (Å²) in [4.78, 5) is 11.1. The van der Waals surface area contributed by atoms with E-state index in [1.807, 2.05) is 0 Å². The van der Waals surface area contributed by atoms with Crippen LogP contribution in [-0.2, 0) is 0 Å². The highest BCUT2D eigenvalue weighted by Gasteiger charge is 2.05. The molecule has 1 aromatic rings. The number of nitrogens with zero attached hydrogens (tertiary/aromatic N) is 3. The van der Waals surface area contributed by atoms with Crippen LogP contribution in [0.5, 0.6) is 0 Å². The van der Waals surface area contributed by atoms with Gasteiger partial charge in [-0.25, -0.2) is 8.78 Å². The topological polar surface area (TPSA) is 64.1 Å². The van der Waals surface area contributed by atoms with Gasteiger partial charge in [0.25, 0.3) is 0 Å². The molecule has 0 N–H and O–H groups in total. The molecule has 72 valence electrons. The van der Waals surface area contributed by atoms with Crippen molar-refractivity contribution in [3.05, 3.63) is 40.9 Å². The van der Waals surface area contributed by atoms with Crippen molar-refractivity contribution in [2.45, 2.75) is 0 Å². The number of carbonyl (C=O) groups is 1. The molecule has 0 saturated carbocycles. The first-order chi connectivity index (χ1) is 6.65. The van der Waals surface area contributed by atoms with Crippen LogP contribution in [0.2, 0.25) is 0 Å². The Morgan fingerprint density at radius 2 is 2.07 bits per heavy atom. The number of hydrogen-bond donors (Lipinski definition) is 0. The average molecular weight is 196 g/mol. The van der Waals surface area contributed by atoms with E-state index in [-0.39, 0.29) is 5.56 Å². The number of benzene rings is 1. The van der Waals surface area contributed by atoms with Gasteiger partial charge in [-0.15, -0.1) is 0 Å². The van der Waals surface area contributed by atoms with Crippen molar-refractivity contribution < 1.29 is 13.6 Å². The van der Waals surface area contributed by atoms with Crippen molar-refractivity contribution in [2.75, 3.05) is 0 Å². The van der Waals surface area contributed by atoms with Crippen LogP contribution in [0.25, 0.3) is 5.53 Å². The van der Waals surface area contributed by atoms with Crippen LogP contribution in [0.1, 0.15) is 10.4 Å². The molecule has 0 aliphatic rings. The fraction of sp³-hybridized carbons (Fsp3) is 0. The summed E-state index contributed by atoms with van der Waals surface area (Å²) in [6, 6.07) is 2.66. The lowest BCUT2D eigenvalue weighted by atomic mass is 10.1. The minimum absolute atomic E-state index is 0.0729. The molecule has 1 aromatic carbocycles. The Hall–Kier alpha value is -1.98. The summed E-state index contributed by atoms with van der Waals surface area (Å²) < 4.78 is 25.1. The summed E-state index contributed by atoms with van der Waals surface area (Å²) in [5.74, 6) is -2.84. The molecule has 0 aliphatic carbocycles. The van der Waals surface area contributed by atoms with E-state index in [0.29, 0.717) is 6.21 Å². The maximum Gasteiger partial charge on any atom is 0.183 e. The minimum Gasteiger partial charge on any atom is -0.362 e. The summed E-state index contributed by atoms with van der Waals surface area (Å²) in [7, 11) is 0. The number of carbonyl (C=O) groups excluding carboxylic acids is 1. The second kappa shape index (κ2) is 4.31. The van der Waals surface area contributed by atoms with Crippen LogP contribution in [-0.4, -0.2) is 12.0 Å². The van der Waals surface area contributed by atoms with Crippen LogP contribution in [0.4, 0.5) is 8.78 Å². The van der Waals surface area contributed by atoms with Crippen molar-refractivity contribution in [2.24, 2.45) is 10.3 Å². The molecular formula is C8H4F2N3O-. The Balaban J connectivity index is 2.97. The Morgan fingerprint density at radius 1 is 1.36 bits per heavy atom. The molecule has 0 aliphatic heterocycles. The van der Waals surface area contributed by atoms with Gasteiger partial charge in [0.1, 0.15) is 0 Å². The molecule has 0 heterocycles. The molecule has 0 amide bonds. The Labute approximate surface area is 77.8 Å². The Morgan fingerprint density at radius 3 is 2.64 bits per heavy atom. The van der Waals surface area contributed by atoms with E-state index in [4.69, 9.17) is 5.53 Å². The Bertz CT molecular complexity index is 404. The fourth-order valence-electron chi connectivity index (χ4n) is 0.802. The molecule has 0 aromatic heterocycles. The van der Waals surface area contributed by atoms with Gasteiger partial charge in [-0.05, 0) is 24.4 Å². The van der Waals surface area contributed by atoms with Crippen molar-refractivity contribution in [3.8, 4) is 0 Å². The number of halogens is 2. The van der Waals surface area contributed by atoms with Gasteiger partial charge in [0.05, 0.1) is 0 Å². The maximum atomic E-state index is 12.6. The quantitative estimate of drug-likeness (QED) is 0.316. The highest BCUT2D eigenvalue weighted by atomic mass is 19.2. The molecular weight excluding hydrogens is 192 g/mol. The molecule has 0 saturated heterocycles. The molecule has 0 fully saturated rings. The van der Waals surface area contributed by atoms with Gasteiger partial charge in [0, 0.05) is 5.56 Å². The van der Waals surface area contributed by atoms with Crippen molar-refractivity contribution >= 4 is 12.0 Å². The molecule has 0 radical (unpaired) electrons. The highest BCUT2D eigenvalue weighted by Crippen LogP contribution is 2.08. The molecule has 0 spiro atoms. The summed E-state index contributed by atoms with van der Waals surface area (Å²) >= 11 is 0. The van der Waals surface area contributed by atoms with Crippen LogP contribution < -0.4 is 0 Å². The van der Waals surface area contributed by atoms with Crippen LogP contribution in [0, 0.1) is 11.6 Å². The third kappa shape index (κ3) is 2.25. The molecule has 14 heavy (non-hydrogen) atoms. The van der Waals surface area contributed by atoms with Gasteiger partial charge in [0.15, 0.2) is 17.4 Å². The van der Waals surface area contributed by atoms with Gasteiger partial charge in [0.2, 0.25) is 0 Å². The molecule has 4 nitrogen and oxygen atoms in total. The number of rotatable bonds is 3. The lowest BCUT2D eigenvalue weighted by molar-refractivity contribution is 0.107. The highest BCUT2D eigenvalue weighted by molar-refractivity contribution is 6.35. The van der Waals surface area contributed by atoms with E-state index < -0.39 is 17.4 Å². The van der Waals surface area contributed by atoms with Gasteiger partial charge in [-0.3, -0.25) is 10.0 Å². The molecule has 0 unspecified atom stereocenters. The van der Waals surface area contributed by atoms with Crippen LogP contribution >= 0.6 is 0 Å². The summed E-state index contributed by atoms with van der Waals surface area (Å²) in [6.45, 7) is 0. The monoisotopic (exact) mass is 196 g/mol. The molecule has 6 heteroatoms. The smallest absolute Gasteiger partial charge is 0.183 e. The van der Waals surface area contributed by atoms with Crippen molar-refractivity contribution in [1.82, 2.24) is 0 Å². The predicted octanol–water partition coefficient (Wildman–Crippen LogP) is 2.15. The van der Waals surface area contributed by atoms with Crippen molar-refractivity contribution in [1.29, 1.82) is 0 Å². The van der Waals surface area contributed by atoms with Crippen LogP contribution in [0.3, 0.4) is 0 Å². The number of ketones is 1. The SMILES string of the molecule is [N-]=NN=CC(=O)c1ccc(F)c(F)c1.